The molecule has 0 aliphatic heterocycles. The molecule has 0 aliphatic rings. The van der Waals surface area contributed by atoms with Crippen LogP contribution in [0.2, 0.25) is 0 Å². The first-order chi connectivity index (χ1) is 17.5. The second-order valence-electron chi connectivity index (χ2n) is 7.86. The van der Waals surface area contributed by atoms with Crippen LogP contribution in [0.5, 0.6) is 28.7 Å². The molecule has 1 heterocycles. The van der Waals surface area contributed by atoms with Crippen LogP contribution in [-0.4, -0.2) is 46.4 Å². The Morgan fingerprint density at radius 3 is 2.06 bits per heavy atom. The summed E-state index contributed by atoms with van der Waals surface area (Å²) in [5, 5.41) is 3.76. The number of pyridine rings is 1. The second-order valence-corrected chi connectivity index (χ2v) is 7.86. The van der Waals surface area contributed by atoms with E-state index in [9.17, 15) is 4.79 Å². The Hall–Kier alpha value is -4.46. The van der Waals surface area contributed by atoms with E-state index in [1.807, 2.05) is 42.5 Å². The van der Waals surface area contributed by atoms with Crippen LogP contribution in [0.3, 0.4) is 0 Å². The molecule has 0 unspecified atom stereocenters. The molecule has 0 atom stereocenters. The van der Waals surface area contributed by atoms with Gasteiger partial charge in [0, 0.05) is 17.5 Å². The highest BCUT2D eigenvalue weighted by Gasteiger charge is 2.17. The molecular formula is C28H28N2O6. The van der Waals surface area contributed by atoms with Gasteiger partial charge < -0.3 is 29.0 Å². The van der Waals surface area contributed by atoms with E-state index in [1.165, 1.54) is 0 Å². The molecule has 186 valence electrons. The number of carbonyl (C=O) groups excluding carboxylic acids is 1. The van der Waals surface area contributed by atoms with Gasteiger partial charge in [-0.05, 0) is 48.0 Å². The lowest BCUT2D eigenvalue weighted by Crippen LogP contribution is -2.23. The fourth-order valence-corrected chi connectivity index (χ4v) is 4.02. The van der Waals surface area contributed by atoms with Crippen molar-refractivity contribution < 1.29 is 28.5 Å². The Balaban J connectivity index is 1.69. The van der Waals surface area contributed by atoms with E-state index in [4.69, 9.17) is 28.7 Å². The van der Waals surface area contributed by atoms with Crippen molar-refractivity contribution in [3.05, 3.63) is 71.8 Å². The lowest BCUT2D eigenvalue weighted by atomic mass is 10.0. The Kier molecular flexibility index (Phi) is 7.44. The van der Waals surface area contributed by atoms with Gasteiger partial charge in [0.2, 0.25) is 5.75 Å². The van der Waals surface area contributed by atoms with Crippen molar-refractivity contribution in [2.45, 2.75) is 6.54 Å². The molecule has 0 fully saturated rings. The quantitative estimate of drug-likeness (QED) is 0.359. The maximum absolute atomic E-state index is 13.4. The highest BCUT2D eigenvalue weighted by Crippen LogP contribution is 2.38. The van der Waals surface area contributed by atoms with E-state index < -0.39 is 0 Å². The number of benzene rings is 3. The number of nitrogens with zero attached hydrogens (tertiary/aromatic N) is 1. The van der Waals surface area contributed by atoms with Gasteiger partial charge in [-0.1, -0.05) is 18.2 Å². The lowest BCUT2D eigenvalue weighted by Gasteiger charge is -2.15. The van der Waals surface area contributed by atoms with E-state index >= 15 is 0 Å². The van der Waals surface area contributed by atoms with E-state index in [2.05, 4.69) is 5.32 Å². The minimum atomic E-state index is -0.232. The normalized spacial score (nSPS) is 10.6. The van der Waals surface area contributed by atoms with Gasteiger partial charge in [0.25, 0.3) is 5.91 Å². The highest BCUT2D eigenvalue weighted by molar-refractivity contribution is 6.07. The number of ether oxygens (including phenoxy) is 5. The summed E-state index contributed by atoms with van der Waals surface area (Å²) in [6.45, 7) is 0.262. The molecule has 1 amide bonds. The molecule has 3 aromatic carbocycles. The summed E-state index contributed by atoms with van der Waals surface area (Å²) < 4.78 is 27.0. The van der Waals surface area contributed by atoms with Gasteiger partial charge in [0.15, 0.2) is 23.0 Å². The predicted octanol–water partition coefficient (Wildman–Crippen LogP) is 4.87. The predicted molar refractivity (Wildman–Crippen MR) is 138 cm³/mol. The maximum atomic E-state index is 13.4. The summed E-state index contributed by atoms with van der Waals surface area (Å²) in [7, 11) is 7.82. The number of rotatable bonds is 9. The number of amides is 1. The highest BCUT2D eigenvalue weighted by atomic mass is 16.5. The molecule has 8 heteroatoms. The van der Waals surface area contributed by atoms with Crippen molar-refractivity contribution >= 4 is 16.8 Å². The van der Waals surface area contributed by atoms with Crippen LogP contribution in [0.1, 0.15) is 15.9 Å². The summed E-state index contributed by atoms with van der Waals surface area (Å²) in [6.07, 6.45) is 0. The molecular weight excluding hydrogens is 460 g/mol. The first kappa shape index (κ1) is 24.7. The molecule has 0 saturated carbocycles. The first-order valence-electron chi connectivity index (χ1n) is 11.2. The Morgan fingerprint density at radius 2 is 1.42 bits per heavy atom. The van der Waals surface area contributed by atoms with Crippen LogP contribution in [0, 0.1) is 0 Å². The zero-order valence-corrected chi connectivity index (χ0v) is 20.9. The number of fused-ring (bicyclic) bond motifs is 1. The summed E-state index contributed by atoms with van der Waals surface area (Å²) >= 11 is 0. The molecule has 36 heavy (non-hydrogen) atoms. The fraction of sp³-hybridized carbons (Fsp3) is 0.214. The largest absolute Gasteiger partial charge is 0.493 e. The second kappa shape index (κ2) is 10.9. The molecule has 4 rings (SSSR count). The van der Waals surface area contributed by atoms with Crippen LogP contribution in [0.15, 0.2) is 60.7 Å². The number of hydrogen-bond donors (Lipinski definition) is 1. The van der Waals surface area contributed by atoms with E-state index in [0.717, 1.165) is 16.5 Å². The van der Waals surface area contributed by atoms with Gasteiger partial charge in [0.05, 0.1) is 52.3 Å². The van der Waals surface area contributed by atoms with Crippen LogP contribution < -0.4 is 29.0 Å². The Labute approximate surface area is 209 Å². The third-order valence-electron chi connectivity index (χ3n) is 5.82. The Morgan fingerprint density at radius 1 is 0.750 bits per heavy atom. The smallest absolute Gasteiger partial charge is 0.252 e. The van der Waals surface area contributed by atoms with Gasteiger partial charge in [-0.3, -0.25) is 4.79 Å². The van der Waals surface area contributed by atoms with Crippen LogP contribution >= 0.6 is 0 Å². The molecule has 1 aromatic heterocycles. The third kappa shape index (κ3) is 4.84. The van der Waals surface area contributed by atoms with Crippen LogP contribution in [0.4, 0.5) is 0 Å². The van der Waals surface area contributed by atoms with Crippen LogP contribution in [0.25, 0.3) is 22.2 Å². The third-order valence-corrected chi connectivity index (χ3v) is 5.82. The summed E-state index contributed by atoms with van der Waals surface area (Å²) in [5.74, 6) is 2.50. The van der Waals surface area contributed by atoms with Gasteiger partial charge in [0.1, 0.15) is 0 Å². The number of nitrogens with one attached hydrogen (secondary N) is 1. The van der Waals surface area contributed by atoms with Gasteiger partial charge in [-0.2, -0.15) is 0 Å². The van der Waals surface area contributed by atoms with Crippen molar-refractivity contribution in [2.75, 3.05) is 35.5 Å². The average molecular weight is 489 g/mol. The number of methoxy groups -OCH3 is 5. The van der Waals surface area contributed by atoms with Gasteiger partial charge in [-0.25, -0.2) is 4.98 Å². The zero-order chi connectivity index (χ0) is 25.7. The van der Waals surface area contributed by atoms with Gasteiger partial charge >= 0.3 is 0 Å². The molecule has 0 aliphatic carbocycles. The number of para-hydroxylation sites is 1. The molecule has 0 spiro atoms. The topological polar surface area (TPSA) is 88.1 Å². The average Bonchev–Trinajstić information content (AvgIpc) is 2.94. The van der Waals surface area contributed by atoms with E-state index in [1.54, 1.807) is 53.7 Å². The van der Waals surface area contributed by atoms with Crippen molar-refractivity contribution in [3.8, 4) is 40.0 Å². The summed E-state index contributed by atoms with van der Waals surface area (Å²) in [6, 6.07) is 18.5. The molecule has 0 bridgehead atoms. The number of carbonyl (C=O) groups is 1. The minimum Gasteiger partial charge on any atom is -0.493 e. The van der Waals surface area contributed by atoms with E-state index in [-0.39, 0.29) is 12.5 Å². The molecule has 0 radical (unpaired) electrons. The van der Waals surface area contributed by atoms with Crippen molar-refractivity contribution in [2.24, 2.45) is 0 Å². The summed E-state index contributed by atoms with van der Waals surface area (Å²) in [4.78, 5) is 18.2. The van der Waals surface area contributed by atoms with Crippen LogP contribution in [-0.2, 0) is 6.54 Å². The van der Waals surface area contributed by atoms with E-state index in [0.29, 0.717) is 45.5 Å². The Bertz CT molecular complexity index is 1380. The monoisotopic (exact) mass is 488 g/mol. The minimum absolute atomic E-state index is 0.232. The molecule has 0 saturated heterocycles. The standard InChI is InChI=1S/C28H28N2O6/c1-32-23-11-10-18(14-24(23)33-2)22-15-20(19-8-6-7-9-21(19)30-22)28(31)29-16-17-12-25(34-3)27(36-5)26(13-17)35-4/h6-15H,16H2,1-5H3,(H,29,31). The van der Waals surface area contributed by atoms with Gasteiger partial charge in [-0.15, -0.1) is 0 Å². The molecule has 4 aromatic rings. The maximum Gasteiger partial charge on any atom is 0.252 e. The summed E-state index contributed by atoms with van der Waals surface area (Å²) in [5.41, 5.74) is 3.47. The SMILES string of the molecule is COc1ccc(-c2cc(C(=O)NCc3cc(OC)c(OC)c(OC)c3)c3ccccc3n2)cc1OC. The first-order valence-corrected chi connectivity index (χ1v) is 11.2. The van der Waals surface area contributed by atoms with Crippen molar-refractivity contribution in [3.63, 3.8) is 0 Å². The van der Waals surface area contributed by atoms with Crippen molar-refractivity contribution in [1.82, 2.24) is 10.3 Å². The number of hydrogen-bond acceptors (Lipinski definition) is 7. The lowest BCUT2D eigenvalue weighted by molar-refractivity contribution is 0.0952. The van der Waals surface area contributed by atoms with Crippen molar-refractivity contribution in [1.29, 1.82) is 0 Å². The molecule has 1 N–H and O–H groups in total. The zero-order valence-electron chi connectivity index (χ0n) is 20.9. The molecule has 8 nitrogen and oxygen atoms in total. The fourth-order valence-electron chi connectivity index (χ4n) is 4.02. The number of aromatic nitrogens is 1.